The first kappa shape index (κ1) is 10.2. The van der Waals surface area contributed by atoms with E-state index in [-0.39, 0.29) is 5.91 Å². The van der Waals surface area contributed by atoms with Crippen molar-refractivity contribution >= 4 is 5.91 Å². The molecule has 1 saturated carbocycles. The monoisotopic (exact) mass is 209 g/mol. The molecule has 1 fully saturated rings. The Morgan fingerprint density at radius 1 is 1.60 bits per heavy atom. The van der Waals surface area contributed by atoms with Gasteiger partial charge in [0.05, 0.1) is 5.69 Å². The van der Waals surface area contributed by atoms with Gasteiger partial charge in [-0.2, -0.15) is 0 Å². The van der Waals surface area contributed by atoms with Crippen molar-refractivity contribution in [2.45, 2.75) is 31.8 Å². The van der Waals surface area contributed by atoms with Crippen molar-refractivity contribution in [3.8, 4) is 0 Å². The number of nitrogens with one attached hydrogen (secondary N) is 2. The highest BCUT2D eigenvalue weighted by atomic mass is 16.5. The van der Waals surface area contributed by atoms with Crippen molar-refractivity contribution in [1.29, 1.82) is 0 Å². The predicted octanol–water partition coefficient (Wildman–Crippen LogP) is 0.433. The minimum Gasteiger partial charge on any atom is -0.364 e. The van der Waals surface area contributed by atoms with Crippen LogP contribution in [0.15, 0.2) is 16.9 Å². The zero-order valence-corrected chi connectivity index (χ0v) is 8.53. The quantitative estimate of drug-likeness (QED) is 0.667. The van der Waals surface area contributed by atoms with Gasteiger partial charge in [-0.25, -0.2) is 0 Å². The molecule has 1 amide bonds. The number of aromatic nitrogens is 1. The fourth-order valence-corrected chi connectivity index (χ4v) is 1.27. The van der Waals surface area contributed by atoms with Crippen LogP contribution in [0.3, 0.4) is 0 Å². The normalized spacial score (nSPS) is 15.2. The van der Waals surface area contributed by atoms with E-state index >= 15 is 0 Å². The maximum atomic E-state index is 11.3. The Bertz CT molecular complexity index is 306. The van der Waals surface area contributed by atoms with E-state index in [1.807, 2.05) is 0 Å². The molecule has 0 saturated heterocycles. The topological polar surface area (TPSA) is 67.2 Å². The van der Waals surface area contributed by atoms with Crippen molar-refractivity contribution in [3.63, 3.8) is 0 Å². The largest absolute Gasteiger partial charge is 0.364 e. The molecule has 1 aliphatic carbocycles. The molecule has 1 heterocycles. The van der Waals surface area contributed by atoms with Crippen LogP contribution in [0.25, 0.3) is 0 Å². The molecule has 0 aliphatic heterocycles. The summed E-state index contributed by atoms with van der Waals surface area (Å²) < 4.78 is 4.68. The van der Waals surface area contributed by atoms with Gasteiger partial charge in [0.15, 0.2) is 0 Å². The molecule has 2 rings (SSSR count). The summed E-state index contributed by atoms with van der Waals surface area (Å²) >= 11 is 0. The van der Waals surface area contributed by atoms with Gasteiger partial charge in [-0.3, -0.25) is 4.79 Å². The molecule has 82 valence electrons. The van der Waals surface area contributed by atoms with Crippen LogP contribution >= 0.6 is 0 Å². The standard InChI is InChI=1S/C10H15N3O2/c14-10(12-8-1-2-8)3-5-11-7-9-4-6-15-13-9/h4,6,8,11H,1-3,5,7H2,(H,12,14). The van der Waals surface area contributed by atoms with Crippen LogP contribution in [0.2, 0.25) is 0 Å². The van der Waals surface area contributed by atoms with E-state index in [1.54, 1.807) is 6.07 Å². The van der Waals surface area contributed by atoms with Crippen molar-refractivity contribution in [3.05, 3.63) is 18.0 Å². The summed E-state index contributed by atoms with van der Waals surface area (Å²) in [5, 5.41) is 9.82. The first-order valence-corrected chi connectivity index (χ1v) is 5.24. The number of carbonyl (C=O) groups is 1. The number of hydrogen-bond acceptors (Lipinski definition) is 4. The first-order valence-electron chi connectivity index (χ1n) is 5.24. The Hall–Kier alpha value is -1.36. The Morgan fingerprint density at radius 2 is 2.47 bits per heavy atom. The molecule has 0 radical (unpaired) electrons. The Balaban J connectivity index is 1.52. The van der Waals surface area contributed by atoms with Crippen LogP contribution < -0.4 is 10.6 Å². The molecule has 1 aromatic heterocycles. The van der Waals surface area contributed by atoms with Crippen LogP contribution in [0, 0.1) is 0 Å². The zero-order valence-electron chi connectivity index (χ0n) is 8.53. The highest BCUT2D eigenvalue weighted by molar-refractivity contribution is 5.76. The minimum absolute atomic E-state index is 0.130. The molecule has 15 heavy (non-hydrogen) atoms. The molecule has 5 nitrogen and oxygen atoms in total. The van der Waals surface area contributed by atoms with E-state index in [9.17, 15) is 4.79 Å². The SMILES string of the molecule is O=C(CCNCc1ccon1)NC1CC1. The number of hydrogen-bond donors (Lipinski definition) is 2. The zero-order chi connectivity index (χ0) is 10.5. The van der Waals surface area contributed by atoms with Crippen LogP contribution in [0.1, 0.15) is 25.0 Å². The lowest BCUT2D eigenvalue weighted by Gasteiger charge is -2.03. The molecule has 0 atom stereocenters. The van der Waals surface area contributed by atoms with Crippen molar-refractivity contribution in [1.82, 2.24) is 15.8 Å². The summed E-state index contributed by atoms with van der Waals surface area (Å²) in [5.74, 6) is 0.130. The highest BCUT2D eigenvalue weighted by Crippen LogP contribution is 2.18. The first-order chi connectivity index (χ1) is 7.34. The highest BCUT2D eigenvalue weighted by Gasteiger charge is 2.22. The summed E-state index contributed by atoms with van der Waals surface area (Å²) in [6, 6.07) is 2.25. The van der Waals surface area contributed by atoms with Gasteiger partial charge in [0, 0.05) is 31.6 Å². The Kier molecular flexibility index (Phi) is 3.34. The van der Waals surface area contributed by atoms with Gasteiger partial charge >= 0.3 is 0 Å². The van der Waals surface area contributed by atoms with Crippen LogP contribution in [-0.2, 0) is 11.3 Å². The Morgan fingerprint density at radius 3 is 3.13 bits per heavy atom. The molecule has 0 aromatic carbocycles. The number of rotatable bonds is 6. The van der Waals surface area contributed by atoms with Gasteiger partial charge in [-0.15, -0.1) is 0 Å². The maximum Gasteiger partial charge on any atom is 0.221 e. The summed E-state index contributed by atoms with van der Waals surface area (Å²) in [6.07, 6.45) is 4.33. The average molecular weight is 209 g/mol. The molecule has 1 aliphatic rings. The molecule has 0 unspecified atom stereocenters. The number of amides is 1. The fraction of sp³-hybridized carbons (Fsp3) is 0.600. The third-order valence-corrected chi connectivity index (χ3v) is 2.27. The molecule has 1 aromatic rings. The average Bonchev–Trinajstić information content (AvgIpc) is 2.87. The minimum atomic E-state index is 0.130. The van der Waals surface area contributed by atoms with Crippen molar-refractivity contribution in [2.24, 2.45) is 0 Å². The molecule has 2 N–H and O–H groups in total. The molecule has 0 bridgehead atoms. The van der Waals surface area contributed by atoms with E-state index in [2.05, 4.69) is 20.3 Å². The smallest absolute Gasteiger partial charge is 0.221 e. The second-order valence-electron chi connectivity index (χ2n) is 3.76. The summed E-state index contributed by atoms with van der Waals surface area (Å²) in [7, 11) is 0. The molecule has 0 spiro atoms. The Labute approximate surface area is 88.2 Å². The third-order valence-electron chi connectivity index (χ3n) is 2.27. The van der Waals surface area contributed by atoms with Gasteiger partial charge in [0.25, 0.3) is 0 Å². The van der Waals surface area contributed by atoms with E-state index < -0.39 is 0 Å². The van der Waals surface area contributed by atoms with Crippen molar-refractivity contribution in [2.75, 3.05) is 6.54 Å². The van der Waals surface area contributed by atoms with E-state index in [0.717, 1.165) is 18.5 Å². The van der Waals surface area contributed by atoms with Crippen LogP contribution in [0.4, 0.5) is 0 Å². The maximum absolute atomic E-state index is 11.3. The van der Waals surface area contributed by atoms with Crippen LogP contribution in [-0.4, -0.2) is 23.7 Å². The molecular weight excluding hydrogens is 194 g/mol. The van der Waals surface area contributed by atoms with Crippen LogP contribution in [0.5, 0.6) is 0 Å². The summed E-state index contributed by atoms with van der Waals surface area (Å²) in [4.78, 5) is 11.3. The van der Waals surface area contributed by atoms with Gasteiger partial charge in [0.1, 0.15) is 6.26 Å². The summed E-state index contributed by atoms with van der Waals surface area (Å²) in [5.41, 5.74) is 0.859. The lowest BCUT2D eigenvalue weighted by Crippen LogP contribution is -2.29. The van der Waals surface area contributed by atoms with E-state index in [4.69, 9.17) is 0 Å². The van der Waals surface area contributed by atoms with Gasteiger partial charge < -0.3 is 15.2 Å². The summed E-state index contributed by atoms with van der Waals surface area (Å²) in [6.45, 7) is 1.32. The molecule has 5 heteroatoms. The van der Waals surface area contributed by atoms with E-state index in [1.165, 1.54) is 6.26 Å². The van der Waals surface area contributed by atoms with Gasteiger partial charge in [-0.1, -0.05) is 5.16 Å². The second kappa shape index (κ2) is 4.93. The third kappa shape index (κ3) is 3.71. The molecular formula is C10H15N3O2. The van der Waals surface area contributed by atoms with E-state index in [0.29, 0.717) is 25.6 Å². The number of carbonyl (C=O) groups excluding carboxylic acids is 1. The number of nitrogens with zero attached hydrogens (tertiary/aromatic N) is 1. The lowest BCUT2D eigenvalue weighted by atomic mass is 10.3. The van der Waals surface area contributed by atoms with Gasteiger partial charge in [0.2, 0.25) is 5.91 Å². The van der Waals surface area contributed by atoms with Crippen molar-refractivity contribution < 1.29 is 9.32 Å². The fourth-order valence-electron chi connectivity index (χ4n) is 1.27. The predicted molar refractivity (Wildman–Crippen MR) is 54.0 cm³/mol. The lowest BCUT2D eigenvalue weighted by molar-refractivity contribution is -0.121. The second-order valence-corrected chi connectivity index (χ2v) is 3.76. The van der Waals surface area contributed by atoms with Gasteiger partial charge in [-0.05, 0) is 12.8 Å².